The molecule has 2 aromatic heterocycles. The Bertz CT molecular complexity index is 669. The molecule has 0 radical (unpaired) electrons. The maximum absolute atomic E-state index is 14.2. The molecule has 4 heteroatoms. The molecule has 0 aromatic carbocycles. The van der Waals surface area contributed by atoms with Crippen molar-refractivity contribution < 1.29 is 4.39 Å². The Hall–Kier alpha value is -1.89. The predicted molar refractivity (Wildman–Crippen MR) is 69.2 cm³/mol. The van der Waals surface area contributed by atoms with Crippen LogP contribution in [0.5, 0.6) is 0 Å². The summed E-state index contributed by atoms with van der Waals surface area (Å²) in [7, 11) is 0. The number of pyridine rings is 1. The lowest BCUT2D eigenvalue weighted by Gasteiger charge is -2.17. The summed E-state index contributed by atoms with van der Waals surface area (Å²) < 4.78 is 14.2. The molecule has 94 valence electrons. The molecule has 0 aliphatic heterocycles. The van der Waals surface area contributed by atoms with Crippen LogP contribution in [-0.4, -0.2) is 9.97 Å². The van der Waals surface area contributed by atoms with Gasteiger partial charge in [0.1, 0.15) is 11.7 Å². The van der Waals surface area contributed by atoms with E-state index < -0.39 is 5.67 Å². The Labute approximate surface area is 106 Å². The molecule has 0 saturated heterocycles. The minimum atomic E-state index is -1.62. The topological polar surface area (TPSA) is 52.5 Å². The highest BCUT2D eigenvalue weighted by molar-refractivity contribution is 5.85. The molecule has 0 fully saturated rings. The van der Waals surface area contributed by atoms with E-state index in [2.05, 4.69) is 16.0 Å². The van der Waals surface area contributed by atoms with Crippen molar-refractivity contribution in [2.45, 2.75) is 40.3 Å². The van der Waals surface area contributed by atoms with Gasteiger partial charge in [0.2, 0.25) is 0 Å². The molecule has 0 aliphatic carbocycles. The second-order valence-electron chi connectivity index (χ2n) is 5.14. The van der Waals surface area contributed by atoms with Crippen LogP contribution >= 0.6 is 0 Å². The van der Waals surface area contributed by atoms with Gasteiger partial charge in [-0.15, -0.1) is 0 Å². The van der Waals surface area contributed by atoms with Crippen molar-refractivity contribution in [1.82, 2.24) is 9.97 Å². The molecule has 0 atom stereocenters. The van der Waals surface area contributed by atoms with Crippen molar-refractivity contribution in [2.75, 3.05) is 0 Å². The second-order valence-corrected chi connectivity index (χ2v) is 5.14. The van der Waals surface area contributed by atoms with Gasteiger partial charge in [0.05, 0.1) is 22.3 Å². The summed E-state index contributed by atoms with van der Waals surface area (Å²) in [6.07, 6.45) is 0. The van der Waals surface area contributed by atoms with Crippen LogP contribution in [0.3, 0.4) is 0 Å². The van der Waals surface area contributed by atoms with Gasteiger partial charge in [0.15, 0.2) is 0 Å². The van der Waals surface area contributed by atoms with Crippen LogP contribution in [0.15, 0.2) is 0 Å². The number of nitrogens with one attached hydrogen (secondary N) is 1. The van der Waals surface area contributed by atoms with Gasteiger partial charge in [-0.3, -0.25) is 0 Å². The lowest BCUT2D eigenvalue weighted by atomic mass is 9.97. The SMILES string of the molecule is Cc1[nH]c2c(C)c(C#N)c(C(C)(C)F)nc2c1C. The molecule has 0 bridgehead atoms. The van der Waals surface area contributed by atoms with E-state index in [1.54, 1.807) is 0 Å². The summed E-state index contributed by atoms with van der Waals surface area (Å²) in [6.45, 7) is 8.57. The van der Waals surface area contributed by atoms with Gasteiger partial charge in [0.25, 0.3) is 0 Å². The number of nitriles is 1. The highest BCUT2D eigenvalue weighted by Gasteiger charge is 2.28. The van der Waals surface area contributed by atoms with Crippen molar-refractivity contribution in [3.8, 4) is 6.07 Å². The van der Waals surface area contributed by atoms with Crippen LogP contribution < -0.4 is 0 Å². The first kappa shape index (κ1) is 12.6. The normalized spacial score (nSPS) is 11.8. The van der Waals surface area contributed by atoms with Crippen LogP contribution in [0.25, 0.3) is 11.0 Å². The number of nitrogens with zero attached hydrogens (tertiary/aromatic N) is 2. The Morgan fingerprint density at radius 3 is 2.33 bits per heavy atom. The molecule has 0 amide bonds. The number of aryl methyl sites for hydroxylation is 3. The first-order chi connectivity index (χ1) is 8.27. The first-order valence-corrected chi connectivity index (χ1v) is 5.86. The van der Waals surface area contributed by atoms with Crippen LogP contribution in [0.4, 0.5) is 4.39 Å². The summed E-state index contributed by atoms with van der Waals surface area (Å²) in [5.74, 6) is 0. The van der Waals surface area contributed by atoms with Crippen molar-refractivity contribution in [2.24, 2.45) is 0 Å². The van der Waals surface area contributed by atoms with E-state index in [1.165, 1.54) is 13.8 Å². The van der Waals surface area contributed by atoms with Crippen LogP contribution in [0, 0.1) is 32.1 Å². The minimum Gasteiger partial charge on any atom is -0.357 e. The van der Waals surface area contributed by atoms with E-state index in [0.717, 1.165) is 27.9 Å². The third kappa shape index (κ3) is 1.67. The summed E-state index contributed by atoms with van der Waals surface area (Å²) in [6, 6.07) is 2.07. The largest absolute Gasteiger partial charge is 0.357 e. The molecule has 0 aliphatic rings. The molecule has 3 nitrogen and oxygen atoms in total. The fourth-order valence-corrected chi connectivity index (χ4v) is 2.15. The van der Waals surface area contributed by atoms with Gasteiger partial charge >= 0.3 is 0 Å². The molecule has 1 N–H and O–H groups in total. The smallest absolute Gasteiger partial charge is 0.148 e. The zero-order valence-electron chi connectivity index (χ0n) is 11.3. The number of aromatic amines is 1. The molecule has 2 rings (SSSR count). The van der Waals surface area contributed by atoms with Crippen molar-refractivity contribution in [3.63, 3.8) is 0 Å². The molecule has 18 heavy (non-hydrogen) atoms. The number of alkyl halides is 1. The number of rotatable bonds is 1. The summed E-state index contributed by atoms with van der Waals surface area (Å²) in [4.78, 5) is 7.58. The van der Waals surface area contributed by atoms with E-state index in [1.807, 2.05) is 20.8 Å². The summed E-state index contributed by atoms with van der Waals surface area (Å²) in [5.41, 5.74) is 3.27. The molecule has 2 aromatic rings. The van der Waals surface area contributed by atoms with E-state index in [0.29, 0.717) is 5.56 Å². The van der Waals surface area contributed by atoms with Gasteiger partial charge < -0.3 is 4.98 Å². The number of H-pyrrole nitrogens is 1. The van der Waals surface area contributed by atoms with Gasteiger partial charge in [-0.2, -0.15) is 5.26 Å². The van der Waals surface area contributed by atoms with Crippen molar-refractivity contribution in [1.29, 1.82) is 5.26 Å². The molecule has 0 unspecified atom stereocenters. The standard InChI is InChI=1S/C14H16FN3/c1-7-9(3)17-12-8(2)10(6-16)13(14(4,5)15)18-11(7)12/h17H,1-5H3. The fraction of sp³-hybridized carbons (Fsp3) is 0.429. The van der Waals surface area contributed by atoms with Crippen LogP contribution in [-0.2, 0) is 5.67 Å². The van der Waals surface area contributed by atoms with Gasteiger partial charge in [-0.05, 0) is 45.7 Å². The zero-order chi connectivity index (χ0) is 13.7. The third-order valence-corrected chi connectivity index (χ3v) is 3.35. The molecule has 2 heterocycles. The maximum atomic E-state index is 14.2. The highest BCUT2D eigenvalue weighted by atomic mass is 19.1. The molecule has 0 spiro atoms. The lowest BCUT2D eigenvalue weighted by Crippen LogP contribution is -2.15. The van der Waals surface area contributed by atoms with Crippen molar-refractivity contribution >= 4 is 11.0 Å². The number of aromatic nitrogens is 2. The van der Waals surface area contributed by atoms with Gasteiger partial charge in [-0.1, -0.05) is 0 Å². The van der Waals surface area contributed by atoms with E-state index in [-0.39, 0.29) is 5.69 Å². The molecular weight excluding hydrogens is 229 g/mol. The highest BCUT2D eigenvalue weighted by Crippen LogP contribution is 2.32. The molecular formula is C14H16FN3. The van der Waals surface area contributed by atoms with E-state index >= 15 is 0 Å². The van der Waals surface area contributed by atoms with Crippen LogP contribution in [0.2, 0.25) is 0 Å². The van der Waals surface area contributed by atoms with Crippen molar-refractivity contribution in [3.05, 3.63) is 28.1 Å². The van der Waals surface area contributed by atoms with Crippen LogP contribution in [0.1, 0.15) is 41.9 Å². The summed E-state index contributed by atoms with van der Waals surface area (Å²) >= 11 is 0. The Kier molecular flexibility index (Phi) is 2.66. The lowest BCUT2D eigenvalue weighted by molar-refractivity contribution is 0.214. The molecule has 0 saturated carbocycles. The number of hydrogen-bond acceptors (Lipinski definition) is 2. The third-order valence-electron chi connectivity index (χ3n) is 3.35. The number of hydrogen-bond donors (Lipinski definition) is 1. The van der Waals surface area contributed by atoms with Gasteiger partial charge in [0, 0.05) is 5.69 Å². The van der Waals surface area contributed by atoms with Gasteiger partial charge in [-0.25, -0.2) is 9.37 Å². The van der Waals surface area contributed by atoms with E-state index in [9.17, 15) is 9.65 Å². The monoisotopic (exact) mass is 245 g/mol. The number of halogens is 1. The first-order valence-electron chi connectivity index (χ1n) is 5.86. The maximum Gasteiger partial charge on any atom is 0.148 e. The average Bonchev–Trinajstić information content (AvgIpc) is 2.55. The average molecular weight is 245 g/mol. The predicted octanol–water partition coefficient (Wildman–Crippen LogP) is 3.56. The Balaban J connectivity index is 2.97. The Morgan fingerprint density at radius 2 is 1.83 bits per heavy atom. The fourth-order valence-electron chi connectivity index (χ4n) is 2.15. The quantitative estimate of drug-likeness (QED) is 0.835. The number of fused-ring (bicyclic) bond motifs is 1. The second kappa shape index (κ2) is 3.81. The Morgan fingerprint density at radius 1 is 1.22 bits per heavy atom. The zero-order valence-corrected chi connectivity index (χ0v) is 11.3. The van der Waals surface area contributed by atoms with E-state index in [4.69, 9.17) is 0 Å². The minimum absolute atomic E-state index is 0.220. The summed E-state index contributed by atoms with van der Waals surface area (Å²) in [5, 5.41) is 9.23.